The molecule has 2 N–H and O–H groups in total. The molecule has 45 heavy (non-hydrogen) atoms. The molecule has 0 atom stereocenters. The van der Waals surface area contributed by atoms with Crippen molar-refractivity contribution in [3.05, 3.63) is 107 Å². The summed E-state index contributed by atoms with van der Waals surface area (Å²) in [4.78, 5) is 1.44. The third kappa shape index (κ3) is 6.95. The summed E-state index contributed by atoms with van der Waals surface area (Å²) < 4.78 is 75.7. The Bertz CT molecular complexity index is 2190. The van der Waals surface area contributed by atoms with Crippen molar-refractivity contribution in [1.29, 1.82) is 0 Å². The molecule has 6 rings (SSSR count). The van der Waals surface area contributed by atoms with Crippen LogP contribution in [-0.4, -0.2) is 37.6 Å². The average Bonchev–Trinajstić information content (AvgIpc) is 3.52. The van der Waals surface area contributed by atoms with Gasteiger partial charge in [-0.15, -0.1) is 0 Å². The topological polar surface area (TPSA) is 125 Å². The summed E-state index contributed by atoms with van der Waals surface area (Å²) in [6.07, 6.45) is 4.52. The summed E-state index contributed by atoms with van der Waals surface area (Å²) in [6.45, 7) is 2.32. The molecule has 0 amide bonds. The third-order valence-electron chi connectivity index (χ3n) is 7.55. The SMILES string of the molecule is CCC(/C=C1\Oc2ccc(-c3ccccc3)cc2N1CS(=O)(=O)O)=C\c1sc2ccc3ccccc3c2[n+]1CCCS(=O)(=O)O. The Kier molecular flexibility index (Phi) is 8.51. The number of rotatable bonds is 10. The second kappa shape index (κ2) is 12.4. The number of fused-ring (bicyclic) bond motifs is 4. The number of aromatic nitrogens is 1. The number of aryl methyl sites for hydroxylation is 1. The van der Waals surface area contributed by atoms with Crippen molar-refractivity contribution < 1.29 is 35.2 Å². The molecule has 2 heterocycles. The van der Waals surface area contributed by atoms with E-state index in [2.05, 4.69) is 4.57 Å². The predicted molar refractivity (Wildman–Crippen MR) is 178 cm³/mol. The summed E-state index contributed by atoms with van der Waals surface area (Å²) in [5, 5.41) is 2.93. The fourth-order valence-electron chi connectivity index (χ4n) is 5.49. The molecule has 0 bridgehead atoms. The minimum absolute atomic E-state index is 0.215. The summed E-state index contributed by atoms with van der Waals surface area (Å²) in [5.41, 5.74) is 4.13. The van der Waals surface area contributed by atoms with Crippen molar-refractivity contribution >= 4 is 64.3 Å². The van der Waals surface area contributed by atoms with Gasteiger partial charge in [0.2, 0.25) is 11.4 Å². The van der Waals surface area contributed by atoms with E-state index in [1.165, 1.54) is 4.90 Å². The number of nitrogens with zero attached hydrogens (tertiary/aromatic N) is 2. The second-order valence-corrected chi connectivity index (χ2v) is 14.8. The number of benzene rings is 4. The molecule has 0 aliphatic carbocycles. The van der Waals surface area contributed by atoms with Gasteiger partial charge in [-0.05, 0) is 52.8 Å². The first kappa shape index (κ1) is 30.9. The standard InChI is InChI=1S/C33H30N2O7S3/c1-2-23(19-31-35(22-45(39,40)41)28-21-26(13-15-29(28)42-31)24-9-4-3-5-10-24)20-32-34(17-8-18-44(36,37)38)33-27-12-7-6-11-25(27)14-16-30(33)43-32/h3-7,9-16,19-21H,2,8,17-18,22H2,1H3,(H-,36,37,38,39,40,41)/p+1. The fourth-order valence-corrected chi connectivity index (χ4v) is 7.75. The average molecular weight is 664 g/mol. The van der Waals surface area contributed by atoms with Gasteiger partial charge in [0.25, 0.3) is 25.2 Å². The van der Waals surface area contributed by atoms with E-state index >= 15 is 0 Å². The molecule has 0 unspecified atom stereocenters. The molecular formula is C33H31N2O7S3+. The molecule has 1 aliphatic rings. The zero-order valence-electron chi connectivity index (χ0n) is 24.3. The molecule has 4 aromatic carbocycles. The highest BCUT2D eigenvalue weighted by Gasteiger charge is 2.31. The smallest absolute Gasteiger partial charge is 0.283 e. The lowest BCUT2D eigenvalue weighted by atomic mass is 10.0. The van der Waals surface area contributed by atoms with Gasteiger partial charge in [-0.25, -0.2) is 0 Å². The van der Waals surface area contributed by atoms with Crippen molar-refractivity contribution in [2.24, 2.45) is 0 Å². The quantitative estimate of drug-likeness (QED) is 0.126. The fraction of sp³-hybridized carbons (Fsp3) is 0.182. The Morgan fingerprint density at radius 2 is 1.67 bits per heavy atom. The Morgan fingerprint density at radius 3 is 2.40 bits per heavy atom. The van der Waals surface area contributed by atoms with Crippen LogP contribution in [0.3, 0.4) is 0 Å². The minimum Gasteiger partial charge on any atom is -0.439 e. The van der Waals surface area contributed by atoms with Crippen LogP contribution in [-0.2, 0) is 26.8 Å². The number of hydrogen-bond acceptors (Lipinski definition) is 7. The van der Waals surface area contributed by atoms with E-state index in [-0.39, 0.29) is 18.1 Å². The molecule has 5 aromatic rings. The highest BCUT2D eigenvalue weighted by atomic mass is 32.2. The van der Waals surface area contributed by atoms with E-state index in [4.69, 9.17) is 4.74 Å². The number of hydrogen-bond donors (Lipinski definition) is 2. The molecular weight excluding hydrogens is 633 g/mol. The van der Waals surface area contributed by atoms with Gasteiger partial charge in [0.05, 0.1) is 16.8 Å². The van der Waals surface area contributed by atoms with Crippen molar-refractivity contribution in [2.45, 2.75) is 26.3 Å². The molecule has 232 valence electrons. The molecule has 0 fully saturated rings. The Morgan fingerprint density at radius 1 is 0.911 bits per heavy atom. The number of ether oxygens (including phenoxy) is 1. The number of anilines is 1. The first-order chi connectivity index (χ1) is 21.5. The van der Waals surface area contributed by atoms with Gasteiger partial charge in [0, 0.05) is 18.6 Å². The lowest BCUT2D eigenvalue weighted by molar-refractivity contribution is -0.667. The highest BCUT2D eigenvalue weighted by Crippen LogP contribution is 2.42. The van der Waals surface area contributed by atoms with E-state index in [1.54, 1.807) is 23.5 Å². The van der Waals surface area contributed by atoms with E-state index < -0.39 is 26.1 Å². The van der Waals surface area contributed by atoms with Crippen LogP contribution < -0.4 is 14.2 Å². The number of allylic oxidation sites excluding steroid dienone is 2. The Balaban J connectivity index is 1.44. The van der Waals surface area contributed by atoms with E-state index in [9.17, 15) is 25.9 Å². The second-order valence-electron chi connectivity index (χ2n) is 10.7. The summed E-state index contributed by atoms with van der Waals surface area (Å²) in [6, 6.07) is 27.3. The van der Waals surface area contributed by atoms with Crippen LogP contribution >= 0.6 is 11.3 Å². The molecule has 0 saturated heterocycles. The van der Waals surface area contributed by atoms with Gasteiger partial charge < -0.3 is 4.74 Å². The van der Waals surface area contributed by atoms with E-state index in [0.29, 0.717) is 24.4 Å². The zero-order valence-corrected chi connectivity index (χ0v) is 26.8. The van der Waals surface area contributed by atoms with Crippen molar-refractivity contribution in [2.75, 3.05) is 16.5 Å². The maximum absolute atomic E-state index is 12.1. The van der Waals surface area contributed by atoms with Crippen LogP contribution in [0.1, 0.15) is 24.8 Å². The lowest BCUT2D eigenvalue weighted by Crippen LogP contribution is -2.36. The minimum atomic E-state index is -4.42. The largest absolute Gasteiger partial charge is 0.439 e. The molecule has 0 spiro atoms. The molecule has 12 heteroatoms. The van der Waals surface area contributed by atoms with Gasteiger partial charge in [-0.2, -0.15) is 21.4 Å². The molecule has 0 radical (unpaired) electrons. The lowest BCUT2D eigenvalue weighted by Gasteiger charge is -2.17. The van der Waals surface area contributed by atoms with Crippen LogP contribution in [0.25, 0.3) is 38.2 Å². The highest BCUT2D eigenvalue weighted by molar-refractivity contribution is 7.86. The van der Waals surface area contributed by atoms with E-state index in [1.807, 2.05) is 91.9 Å². The maximum atomic E-state index is 12.1. The first-order valence-corrected chi connectivity index (χ1v) is 18.3. The van der Waals surface area contributed by atoms with Gasteiger partial charge in [-0.1, -0.05) is 78.9 Å². The summed E-state index contributed by atoms with van der Waals surface area (Å²) >= 11 is 1.55. The molecule has 1 aromatic heterocycles. The monoisotopic (exact) mass is 663 g/mol. The van der Waals surface area contributed by atoms with Crippen molar-refractivity contribution in [1.82, 2.24) is 0 Å². The van der Waals surface area contributed by atoms with Crippen molar-refractivity contribution in [3.8, 4) is 16.9 Å². The van der Waals surface area contributed by atoms with Crippen LogP contribution in [0, 0.1) is 0 Å². The summed E-state index contributed by atoms with van der Waals surface area (Å²) in [5.74, 6) is -0.331. The zero-order chi connectivity index (χ0) is 31.8. The summed E-state index contributed by atoms with van der Waals surface area (Å²) in [7, 11) is -8.54. The predicted octanol–water partition coefficient (Wildman–Crippen LogP) is 6.67. The normalized spacial score (nSPS) is 14.8. The van der Waals surface area contributed by atoms with Crippen LogP contribution in [0.5, 0.6) is 5.75 Å². The van der Waals surface area contributed by atoms with Crippen molar-refractivity contribution in [3.63, 3.8) is 0 Å². The maximum Gasteiger partial charge on any atom is 0.283 e. The number of thiazole rings is 1. The van der Waals surface area contributed by atoms with Gasteiger partial charge in [0.1, 0.15) is 4.70 Å². The third-order valence-corrected chi connectivity index (χ3v) is 10.0. The van der Waals surface area contributed by atoms with Crippen LogP contribution in [0.15, 0.2) is 102 Å². The van der Waals surface area contributed by atoms with Crippen LogP contribution in [0.4, 0.5) is 5.69 Å². The Hall–Kier alpha value is -4.07. The Labute approximate surface area is 265 Å². The van der Waals surface area contributed by atoms with Crippen LogP contribution in [0.2, 0.25) is 0 Å². The van der Waals surface area contributed by atoms with Gasteiger partial charge >= 0.3 is 0 Å². The molecule has 9 nitrogen and oxygen atoms in total. The molecule has 1 aliphatic heterocycles. The van der Waals surface area contributed by atoms with Gasteiger partial charge in [0.15, 0.2) is 18.2 Å². The van der Waals surface area contributed by atoms with E-state index in [0.717, 1.165) is 42.7 Å². The molecule has 0 saturated carbocycles. The van der Waals surface area contributed by atoms with Gasteiger partial charge in [-0.3, -0.25) is 14.0 Å². The first-order valence-electron chi connectivity index (χ1n) is 14.3.